The molecular weight excluding hydrogens is 243 g/mol. The number of rotatable bonds is 4. The lowest BCUT2D eigenvalue weighted by Gasteiger charge is -2.22. The topological polar surface area (TPSA) is 86.3 Å². The van der Waals surface area contributed by atoms with Crippen molar-refractivity contribution in [3.63, 3.8) is 0 Å². The van der Waals surface area contributed by atoms with Crippen LogP contribution in [0.2, 0.25) is 0 Å². The van der Waals surface area contributed by atoms with Crippen LogP contribution in [0.4, 0.5) is 19.0 Å². The normalized spacial score (nSPS) is 11.2. The molecule has 0 aliphatic carbocycles. The standard InChI is InChI=1S/C8H8F3N3O3/c9-8(10,11)3-14(2-7(16)17)5-1-6(15)13-4-12-5/h1,4H,2-3H2,(H,16,17)(H,12,13,15). The quantitative estimate of drug-likeness (QED) is 0.799. The maximum absolute atomic E-state index is 12.2. The number of nitrogens with one attached hydrogen (secondary N) is 1. The van der Waals surface area contributed by atoms with Crippen LogP contribution in [0.15, 0.2) is 17.2 Å². The van der Waals surface area contributed by atoms with Crippen molar-refractivity contribution in [2.45, 2.75) is 6.18 Å². The number of H-pyrrole nitrogens is 1. The summed E-state index contributed by atoms with van der Waals surface area (Å²) in [4.78, 5) is 27.4. The average Bonchev–Trinajstić information content (AvgIpc) is 2.13. The molecule has 9 heteroatoms. The van der Waals surface area contributed by atoms with Gasteiger partial charge in [0.05, 0.1) is 6.33 Å². The van der Waals surface area contributed by atoms with Gasteiger partial charge >= 0.3 is 12.1 Å². The van der Waals surface area contributed by atoms with Crippen LogP contribution < -0.4 is 10.5 Å². The molecule has 0 aliphatic heterocycles. The zero-order valence-electron chi connectivity index (χ0n) is 8.36. The minimum absolute atomic E-state index is 0.339. The van der Waals surface area contributed by atoms with Gasteiger partial charge in [0, 0.05) is 6.07 Å². The SMILES string of the molecule is O=C(O)CN(CC(F)(F)F)c1cc(=O)[nH]cn1. The number of aromatic amines is 1. The minimum Gasteiger partial charge on any atom is -0.480 e. The van der Waals surface area contributed by atoms with Crippen LogP contribution >= 0.6 is 0 Å². The van der Waals surface area contributed by atoms with Crippen molar-refractivity contribution in [3.8, 4) is 0 Å². The molecule has 0 aliphatic rings. The molecule has 0 unspecified atom stereocenters. The molecule has 1 rings (SSSR count). The number of aliphatic carboxylic acids is 1. The molecule has 17 heavy (non-hydrogen) atoms. The highest BCUT2D eigenvalue weighted by Crippen LogP contribution is 2.19. The second kappa shape index (κ2) is 4.85. The van der Waals surface area contributed by atoms with Crippen molar-refractivity contribution in [2.75, 3.05) is 18.0 Å². The van der Waals surface area contributed by atoms with Gasteiger partial charge < -0.3 is 15.0 Å². The van der Waals surface area contributed by atoms with E-state index in [1.807, 2.05) is 0 Å². The first-order valence-electron chi connectivity index (χ1n) is 4.36. The monoisotopic (exact) mass is 251 g/mol. The summed E-state index contributed by atoms with van der Waals surface area (Å²) in [5, 5.41) is 8.49. The van der Waals surface area contributed by atoms with E-state index in [2.05, 4.69) is 9.97 Å². The molecule has 0 aromatic carbocycles. The Labute approximate surface area is 92.7 Å². The van der Waals surface area contributed by atoms with Crippen LogP contribution in [0.3, 0.4) is 0 Å². The van der Waals surface area contributed by atoms with Gasteiger partial charge in [0.25, 0.3) is 5.56 Å². The summed E-state index contributed by atoms with van der Waals surface area (Å²) in [7, 11) is 0. The lowest BCUT2D eigenvalue weighted by Crippen LogP contribution is -2.39. The van der Waals surface area contributed by atoms with Crippen LogP contribution in [-0.2, 0) is 4.79 Å². The number of hydrogen-bond donors (Lipinski definition) is 2. The number of halogens is 3. The predicted octanol–water partition coefficient (Wildman–Crippen LogP) is 0.223. The van der Waals surface area contributed by atoms with Crippen molar-refractivity contribution in [1.29, 1.82) is 0 Å². The second-order valence-corrected chi connectivity index (χ2v) is 3.13. The van der Waals surface area contributed by atoms with Crippen molar-refractivity contribution in [1.82, 2.24) is 9.97 Å². The number of carboxylic acid groups (broad SMARTS) is 1. The molecule has 0 amide bonds. The Hall–Kier alpha value is -2.06. The molecule has 0 bridgehead atoms. The number of carbonyl (C=O) groups is 1. The molecule has 1 aromatic heterocycles. The number of nitrogens with zero attached hydrogens (tertiary/aromatic N) is 2. The van der Waals surface area contributed by atoms with Crippen molar-refractivity contribution in [2.24, 2.45) is 0 Å². The van der Waals surface area contributed by atoms with E-state index in [0.29, 0.717) is 4.90 Å². The van der Waals surface area contributed by atoms with E-state index in [1.165, 1.54) is 0 Å². The molecular formula is C8H8F3N3O3. The molecule has 0 atom stereocenters. The van der Waals surface area contributed by atoms with Gasteiger partial charge in [0.2, 0.25) is 0 Å². The van der Waals surface area contributed by atoms with Gasteiger partial charge in [0.15, 0.2) is 0 Å². The van der Waals surface area contributed by atoms with Crippen LogP contribution in [0.1, 0.15) is 0 Å². The molecule has 0 fully saturated rings. The summed E-state index contributed by atoms with van der Waals surface area (Å²) < 4.78 is 36.6. The number of aromatic nitrogens is 2. The Bertz CT molecular complexity index is 457. The van der Waals surface area contributed by atoms with E-state index >= 15 is 0 Å². The van der Waals surface area contributed by atoms with E-state index in [-0.39, 0.29) is 5.82 Å². The fourth-order valence-corrected chi connectivity index (χ4v) is 1.13. The van der Waals surface area contributed by atoms with Crippen LogP contribution in [-0.4, -0.2) is 40.3 Å². The first-order chi connectivity index (χ1) is 7.78. The Balaban J connectivity index is 2.97. The largest absolute Gasteiger partial charge is 0.480 e. The van der Waals surface area contributed by atoms with Gasteiger partial charge in [-0.1, -0.05) is 0 Å². The van der Waals surface area contributed by atoms with Gasteiger partial charge in [0.1, 0.15) is 18.9 Å². The Morgan fingerprint density at radius 2 is 2.18 bits per heavy atom. The number of hydrogen-bond acceptors (Lipinski definition) is 4. The second-order valence-electron chi connectivity index (χ2n) is 3.13. The van der Waals surface area contributed by atoms with E-state index < -0.39 is 30.8 Å². The summed E-state index contributed by atoms with van der Waals surface area (Å²) in [5.74, 6) is -1.79. The first-order valence-corrected chi connectivity index (χ1v) is 4.36. The Kier molecular flexibility index (Phi) is 3.71. The minimum atomic E-state index is -4.58. The molecule has 0 saturated carbocycles. The number of alkyl halides is 3. The average molecular weight is 251 g/mol. The summed E-state index contributed by atoms with van der Waals surface area (Å²) in [6.07, 6.45) is -3.68. The molecule has 6 nitrogen and oxygen atoms in total. The third kappa shape index (κ3) is 4.53. The summed E-state index contributed by atoms with van der Waals surface area (Å²) in [6.45, 7) is -2.38. The molecule has 1 heterocycles. The molecule has 0 saturated heterocycles. The molecule has 0 radical (unpaired) electrons. The van der Waals surface area contributed by atoms with Crippen molar-refractivity contribution in [3.05, 3.63) is 22.7 Å². The van der Waals surface area contributed by atoms with E-state index in [0.717, 1.165) is 12.4 Å². The highest BCUT2D eigenvalue weighted by Gasteiger charge is 2.32. The van der Waals surface area contributed by atoms with Crippen LogP contribution in [0.25, 0.3) is 0 Å². The first kappa shape index (κ1) is 13.0. The van der Waals surface area contributed by atoms with E-state index in [4.69, 9.17) is 5.11 Å². The maximum atomic E-state index is 12.2. The highest BCUT2D eigenvalue weighted by atomic mass is 19.4. The predicted molar refractivity (Wildman–Crippen MR) is 50.8 cm³/mol. The number of carboxylic acids is 1. The van der Waals surface area contributed by atoms with Gasteiger partial charge in [-0.3, -0.25) is 9.59 Å². The third-order valence-corrected chi connectivity index (χ3v) is 1.68. The summed E-state index contributed by atoms with van der Waals surface area (Å²) in [6, 6.07) is 0.800. The zero-order valence-corrected chi connectivity index (χ0v) is 8.36. The molecule has 2 N–H and O–H groups in total. The lowest BCUT2D eigenvalue weighted by molar-refractivity contribution is -0.136. The van der Waals surface area contributed by atoms with Crippen molar-refractivity contribution < 1.29 is 23.1 Å². The summed E-state index contributed by atoms with van der Waals surface area (Å²) >= 11 is 0. The Morgan fingerprint density at radius 1 is 1.53 bits per heavy atom. The fraction of sp³-hybridized carbons (Fsp3) is 0.375. The zero-order chi connectivity index (χ0) is 13.1. The summed E-state index contributed by atoms with van der Waals surface area (Å²) in [5.41, 5.74) is -0.660. The van der Waals surface area contributed by atoms with Gasteiger partial charge in [-0.15, -0.1) is 0 Å². The van der Waals surface area contributed by atoms with E-state index in [9.17, 15) is 22.8 Å². The van der Waals surface area contributed by atoms with Crippen LogP contribution in [0, 0.1) is 0 Å². The number of anilines is 1. The van der Waals surface area contributed by atoms with Gasteiger partial charge in [-0.25, -0.2) is 4.98 Å². The molecule has 94 valence electrons. The molecule has 1 aromatic rings. The third-order valence-electron chi connectivity index (χ3n) is 1.68. The van der Waals surface area contributed by atoms with Gasteiger partial charge in [-0.2, -0.15) is 13.2 Å². The Morgan fingerprint density at radius 3 is 2.65 bits per heavy atom. The highest BCUT2D eigenvalue weighted by molar-refractivity contribution is 5.73. The smallest absolute Gasteiger partial charge is 0.405 e. The lowest BCUT2D eigenvalue weighted by atomic mass is 10.4. The fourth-order valence-electron chi connectivity index (χ4n) is 1.13. The maximum Gasteiger partial charge on any atom is 0.405 e. The van der Waals surface area contributed by atoms with E-state index in [1.54, 1.807) is 0 Å². The molecule has 0 spiro atoms. The van der Waals surface area contributed by atoms with Crippen LogP contribution in [0.5, 0.6) is 0 Å². The van der Waals surface area contributed by atoms with Gasteiger partial charge in [-0.05, 0) is 0 Å². The van der Waals surface area contributed by atoms with Crippen molar-refractivity contribution >= 4 is 11.8 Å².